The smallest absolute Gasteiger partial charge is 0.222 e. The Kier molecular flexibility index (Phi) is 10.6. The van der Waals surface area contributed by atoms with Crippen molar-refractivity contribution in [3.63, 3.8) is 0 Å². The third-order valence-corrected chi connectivity index (χ3v) is 5.73. The van der Waals surface area contributed by atoms with Crippen molar-refractivity contribution in [2.45, 2.75) is 52.5 Å². The molecule has 0 aliphatic carbocycles. The van der Waals surface area contributed by atoms with Crippen molar-refractivity contribution in [3.8, 4) is 11.5 Å². The van der Waals surface area contributed by atoms with Gasteiger partial charge in [0.15, 0.2) is 0 Å². The minimum atomic E-state index is 0.156. The highest BCUT2D eigenvalue weighted by Crippen LogP contribution is 2.25. The number of piperazine rings is 1. The Morgan fingerprint density at radius 1 is 0.968 bits per heavy atom. The quantitative estimate of drug-likeness (QED) is 0.507. The Morgan fingerprint density at radius 2 is 1.65 bits per heavy atom. The average Bonchev–Trinajstić information content (AvgIpc) is 2.79. The van der Waals surface area contributed by atoms with Crippen molar-refractivity contribution in [1.82, 2.24) is 14.7 Å². The molecule has 174 valence electrons. The van der Waals surface area contributed by atoms with Gasteiger partial charge in [-0.25, -0.2) is 0 Å². The summed E-state index contributed by atoms with van der Waals surface area (Å²) in [5.41, 5.74) is 1.09. The van der Waals surface area contributed by atoms with E-state index < -0.39 is 0 Å². The number of hydrogen-bond donors (Lipinski definition) is 0. The van der Waals surface area contributed by atoms with Crippen LogP contribution in [0.5, 0.6) is 11.5 Å². The minimum absolute atomic E-state index is 0.156. The van der Waals surface area contributed by atoms with E-state index in [1.165, 1.54) is 0 Å². The standard InChI is InChI=1S/C24H39N3O4/c1-5-12-26(13-6-2)23(28)8-7-9-24(29)27-16-14-25(15-17-27)19-20-18-21(30-3)10-11-22(20)31-4/h10-11,18H,5-9,12-17,19H2,1-4H3. The van der Waals surface area contributed by atoms with E-state index in [1.807, 2.05) is 28.0 Å². The number of rotatable bonds is 12. The molecule has 1 saturated heterocycles. The van der Waals surface area contributed by atoms with Crippen LogP contribution in [-0.4, -0.2) is 80.0 Å². The fourth-order valence-electron chi connectivity index (χ4n) is 4.01. The minimum Gasteiger partial charge on any atom is -0.497 e. The summed E-state index contributed by atoms with van der Waals surface area (Å²) in [7, 11) is 3.34. The van der Waals surface area contributed by atoms with E-state index >= 15 is 0 Å². The second-order valence-corrected chi connectivity index (χ2v) is 8.07. The van der Waals surface area contributed by atoms with Gasteiger partial charge in [-0.2, -0.15) is 0 Å². The Morgan fingerprint density at radius 3 is 2.23 bits per heavy atom. The van der Waals surface area contributed by atoms with Gasteiger partial charge in [-0.15, -0.1) is 0 Å². The van der Waals surface area contributed by atoms with E-state index in [9.17, 15) is 9.59 Å². The third kappa shape index (κ3) is 7.73. The molecule has 0 spiro atoms. The summed E-state index contributed by atoms with van der Waals surface area (Å²) >= 11 is 0. The van der Waals surface area contributed by atoms with Gasteiger partial charge in [0, 0.05) is 64.2 Å². The molecule has 7 nitrogen and oxygen atoms in total. The first-order chi connectivity index (χ1) is 15.0. The van der Waals surface area contributed by atoms with Crippen LogP contribution in [0.3, 0.4) is 0 Å². The number of carbonyl (C=O) groups excluding carboxylic acids is 2. The zero-order valence-corrected chi connectivity index (χ0v) is 19.7. The molecule has 7 heteroatoms. The second-order valence-electron chi connectivity index (χ2n) is 8.07. The summed E-state index contributed by atoms with van der Waals surface area (Å²) in [6.07, 6.45) is 3.47. The Balaban J connectivity index is 1.76. The molecule has 1 aromatic rings. The first-order valence-electron chi connectivity index (χ1n) is 11.5. The number of amides is 2. The van der Waals surface area contributed by atoms with Crippen LogP contribution < -0.4 is 9.47 Å². The Hall–Kier alpha value is -2.28. The molecule has 0 aromatic heterocycles. The molecule has 0 radical (unpaired) electrons. The van der Waals surface area contributed by atoms with E-state index in [0.29, 0.717) is 19.3 Å². The van der Waals surface area contributed by atoms with Gasteiger partial charge < -0.3 is 19.3 Å². The van der Waals surface area contributed by atoms with Crippen LogP contribution >= 0.6 is 0 Å². The summed E-state index contributed by atoms with van der Waals surface area (Å²) < 4.78 is 10.8. The number of nitrogens with zero attached hydrogens (tertiary/aromatic N) is 3. The van der Waals surface area contributed by atoms with E-state index in [2.05, 4.69) is 18.7 Å². The molecule has 2 amide bonds. The van der Waals surface area contributed by atoms with Crippen LogP contribution in [-0.2, 0) is 16.1 Å². The highest BCUT2D eigenvalue weighted by molar-refractivity contribution is 5.79. The SMILES string of the molecule is CCCN(CCC)C(=O)CCCC(=O)N1CCN(Cc2cc(OC)ccc2OC)CC1. The van der Waals surface area contributed by atoms with Gasteiger partial charge in [-0.1, -0.05) is 13.8 Å². The van der Waals surface area contributed by atoms with Gasteiger partial charge >= 0.3 is 0 Å². The molecule has 2 rings (SSSR count). The molecule has 1 aliphatic heterocycles. The van der Waals surface area contributed by atoms with Crippen LogP contribution in [0.4, 0.5) is 0 Å². The highest BCUT2D eigenvalue weighted by Gasteiger charge is 2.22. The molecule has 1 aliphatic rings. The molecule has 0 bridgehead atoms. The molecule has 1 heterocycles. The van der Waals surface area contributed by atoms with Gasteiger partial charge in [0.05, 0.1) is 14.2 Å². The fourth-order valence-corrected chi connectivity index (χ4v) is 4.01. The Labute approximate surface area is 187 Å². The van der Waals surface area contributed by atoms with E-state index in [1.54, 1.807) is 14.2 Å². The van der Waals surface area contributed by atoms with E-state index in [4.69, 9.17) is 9.47 Å². The maximum absolute atomic E-state index is 12.6. The number of methoxy groups -OCH3 is 2. The molecule has 0 saturated carbocycles. The lowest BCUT2D eigenvalue weighted by Gasteiger charge is -2.35. The van der Waals surface area contributed by atoms with Crippen LogP contribution in [0.25, 0.3) is 0 Å². The van der Waals surface area contributed by atoms with Gasteiger partial charge in [-0.05, 0) is 37.5 Å². The van der Waals surface area contributed by atoms with Crippen LogP contribution in [0, 0.1) is 0 Å². The largest absolute Gasteiger partial charge is 0.497 e. The molecule has 0 unspecified atom stereocenters. The normalized spacial score (nSPS) is 14.4. The molecule has 1 aromatic carbocycles. The van der Waals surface area contributed by atoms with Crippen molar-refractivity contribution >= 4 is 11.8 Å². The summed E-state index contributed by atoms with van der Waals surface area (Å²) in [5, 5.41) is 0. The van der Waals surface area contributed by atoms with Crippen molar-refractivity contribution in [3.05, 3.63) is 23.8 Å². The van der Waals surface area contributed by atoms with Gasteiger partial charge in [-0.3, -0.25) is 14.5 Å². The third-order valence-electron chi connectivity index (χ3n) is 5.73. The summed E-state index contributed by atoms with van der Waals surface area (Å²) in [4.78, 5) is 31.2. The maximum Gasteiger partial charge on any atom is 0.222 e. The van der Waals surface area contributed by atoms with Crippen molar-refractivity contribution in [1.29, 1.82) is 0 Å². The molecule has 31 heavy (non-hydrogen) atoms. The lowest BCUT2D eigenvalue weighted by molar-refractivity contribution is -0.134. The summed E-state index contributed by atoms with van der Waals surface area (Å²) in [6, 6.07) is 5.83. The first kappa shape index (κ1) is 25.0. The number of ether oxygens (including phenoxy) is 2. The summed E-state index contributed by atoms with van der Waals surface area (Å²) in [6.45, 7) is 9.64. The zero-order chi connectivity index (χ0) is 22.6. The van der Waals surface area contributed by atoms with Gasteiger partial charge in [0.2, 0.25) is 11.8 Å². The predicted molar refractivity (Wildman–Crippen MR) is 122 cm³/mol. The monoisotopic (exact) mass is 433 g/mol. The molecule has 1 fully saturated rings. The number of hydrogen-bond acceptors (Lipinski definition) is 5. The summed E-state index contributed by atoms with van der Waals surface area (Å²) in [5.74, 6) is 2.00. The molecular weight excluding hydrogens is 394 g/mol. The van der Waals surface area contributed by atoms with Crippen LogP contribution in [0.1, 0.15) is 51.5 Å². The average molecular weight is 434 g/mol. The molecular formula is C24H39N3O4. The van der Waals surface area contributed by atoms with Gasteiger partial charge in [0.1, 0.15) is 11.5 Å². The molecule has 0 atom stereocenters. The van der Waals surface area contributed by atoms with Crippen LogP contribution in [0.15, 0.2) is 18.2 Å². The predicted octanol–water partition coefficient (Wildman–Crippen LogP) is 3.17. The second kappa shape index (κ2) is 13.2. The maximum atomic E-state index is 12.6. The Bertz CT molecular complexity index is 696. The van der Waals surface area contributed by atoms with E-state index in [-0.39, 0.29) is 11.8 Å². The topological polar surface area (TPSA) is 62.3 Å². The molecule has 0 N–H and O–H groups in total. The zero-order valence-electron chi connectivity index (χ0n) is 19.7. The first-order valence-corrected chi connectivity index (χ1v) is 11.5. The van der Waals surface area contributed by atoms with Gasteiger partial charge in [0.25, 0.3) is 0 Å². The lowest BCUT2D eigenvalue weighted by atomic mass is 10.1. The van der Waals surface area contributed by atoms with Crippen LogP contribution in [0.2, 0.25) is 0 Å². The number of benzene rings is 1. The van der Waals surface area contributed by atoms with E-state index in [0.717, 1.165) is 75.7 Å². The number of carbonyl (C=O) groups is 2. The highest BCUT2D eigenvalue weighted by atomic mass is 16.5. The van der Waals surface area contributed by atoms with Crippen molar-refractivity contribution in [2.75, 3.05) is 53.5 Å². The van der Waals surface area contributed by atoms with Crippen molar-refractivity contribution < 1.29 is 19.1 Å². The fraction of sp³-hybridized carbons (Fsp3) is 0.667. The lowest BCUT2D eigenvalue weighted by Crippen LogP contribution is -2.48. The van der Waals surface area contributed by atoms with Crippen molar-refractivity contribution in [2.24, 2.45) is 0 Å².